The Labute approximate surface area is 187 Å². The second-order valence-corrected chi connectivity index (χ2v) is 10.3. The summed E-state index contributed by atoms with van der Waals surface area (Å²) in [6.45, 7) is 2.06. The number of nitrogens with two attached hydrogens (primary N) is 1. The van der Waals surface area contributed by atoms with Gasteiger partial charge in [0.25, 0.3) is 5.91 Å². The predicted molar refractivity (Wildman–Crippen MR) is 125 cm³/mol. The molecule has 32 heavy (non-hydrogen) atoms. The summed E-state index contributed by atoms with van der Waals surface area (Å²) in [7, 11) is -1.54. The van der Waals surface area contributed by atoms with Gasteiger partial charge in [-0.15, -0.1) is 0 Å². The third-order valence-electron chi connectivity index (χ3n) is 5.72. The normalized spacial score (nSPS) is 13.5. The van der Waals surface area contributed by atoms with Crippen LogP contribution >= 0.6 is 0 Å². The fraction of sp³-hybridized carbons (Fsp3) is 0.250. The van der Waals surface area contributed by atoms with E-state index in [0.717, 1.165) is 12.0 Å². The first-order chi connectivity index (χ1) is 15.1. The molecule has 2 amide bonds. The summed E-state index contributed by atoms with van der Waals surface area (Å²) in [6.07, 6.45) is 3.84. The minimum Gasteiger partial charge on any atom is -0.364 e. The lowest BCUT2D eigenvalue weighted by Gasteiger charge is -2.24. The molecule has 0 saturated carbocycles. The fourth-order valence-electron chi connectivity index (χ4n) is 4.33. The van der Waals surface area contributed by atoms with E-state index in [0.29, 0.717) is 33.6 Å². The molecule has 0 bridgehead atoms. The van der Waals surface area contributed by atoms with E-state index in [1.165, 1.54) is 6.26 Å². The van der Waals surface area contributed by atoms with E-state index in [4.69, 9.17) is 5.73 Å². The van der Waals surface area contributed by atoms with E-state index in [-0.39, 0.29) is 23.8 Å². The summed E-state index contributed by atoms with van der Waals surface area (Å²) in [5.74, 6) is -0.931. The Balaban J connectivity index is 1.97. The lowest BCUT2D eigenvalue weighted by atomic mass is 9.99. The van der Waals surface area contributed by atoms with Crippen LogP contribution in [0.15, 0.2) is 48.7 Å². The average Bonchev–Trinajstić information content (AvgIpc) is 2.98. The molecular weight excluding hydrogens is 426 g/mol. The van der Waals surface area contributed by atoms with Crippen LogP contribution in [0.2, 0.25) is 0 Å². The van der Waals surface area contributed by atoms with Crippen molar-refractivity contribution in [3.63, 3.8) is 0 Å². The van der Waals surface area contributed by atoms with Crippen LogP contribution in [-0.2, 0) is 40.3 Å². The van der Waals surface area contributed by atoms with Crippen LogP contribution in [0.1, 0.15) is 34.1 Å². The zero-order valence-corrected chi connectivity index (χ0v) is 19.1. The number of aryl methyl sites for hydroxylation is 2. The minimum atomic E-state index is -3.25. The van der Waals surface area contributed by atoms with Crippen molar-refractivity contribution in [1.29, 1.82) is 0 Å². The molecule has 2 N–H and O–H groups in total. The summed E-state index contributed by atoms with van der Waals surface area (Å²) in [6, 6.07) is 13.0. The molecular formula is C24H25N3O4S. The molecule has 1 aliphatic rings. The van der Waals surface area contributed by atoms with Crippen LogP contribution in [0.4, 0.5) is 11.4 Å². The number of amides is 2. The molecule has 0 fully saturated rings. The van der Waals surface area contributed by atoms with E-state index in [9.17, 15) is 18.0 Å². The summed E-state index contributed by atoms with van der Waals surface area (Å²) in [5.41, 5.74) is 10.9. The zero-order chi connectivity index (χ0) is 23.2. The van der Waals surface area contributed by atoms with Gasteiger partial charge >= 0.3 is 0 Å². The highest BCUT2D eigenvalue weighted by Gasteiger charge is 2.32. The SMILES string of the molecule is CCc1ccc(N2C(=O)Cc3c(cn(C)c3C(N)=O)-c3cc(CS(C)(=O)=O)ccc32)cc1. The topological polar surface area (TPSA) is 102 Å². The van der Waals surface area contributed by atoms with Crippen LogP contribution in [0.5, 0.6) is 0 Å². The Morgan fingerprint density at radius 1 is 1.06 bits per heavy atom. The quantitative estimate of drug-likeness (QED) is 0.644. The number of primary amides is 1. The Morgan fingerprint density at radius 3 is 2.31 bits per heavy atom. The van der Waals surface area contributed by atoms with Crippen molar-refractivity contribution in [3.8, 4) is 11.1 Å². The van der Waals surface area contributed by atoms with E-state index in [1.54, 1.807) is 40.9 Å². The van der Waals surface area contributed by atoms with Crippen molar-refractivity contribution in [2.75, 3.05) is 11.2 Å². The smallest absolute Gasteiger partial charge is 0.265 e. The summed E-state index contributed by atoms with van der Waals surface area (Å²) in [4.78, 5) is 27.2. The molecule has 0 spiro atoms. The van der Waals surface area contributed by atoms with Gasteiger partial charge in [-0.05, 0) is 41.8 Å². The Morgan fingerprint density at radius 2 is 1.72 bits per heavy atom. The molecule has 8 heteroatoms. The number of anilines is 2. The van der Waals surface area contributed by atoms with Crippen molar-refractivity contribution >= 4 is 33.0 Å². The summed E-state index contributed by atoms with van der Waals surface area (Å²) < 4.78 is 25.4. The molecule has 2 heterocycles. The largest absolute Gasteiger partial charge is 0.364 e. The number of rotatable bonds is 5. The van der Waals surface area contributed by atoms with Crippen LogP contribution in [-0.4, -0.2) is 31.1 Å². The molecule has 2 aromatic carbocycles. The first-order valence-electron chi connectivity index (χ1n) is 10.3. The highest BCUT2D eigenvalue weighted by Crippen LogP contribution is 2.42. The maximum absolute atomic E-state index is 13.5. The first kappa shape index (κ1) is 21.8. The van der Waals surface area contributed by atoms with Crippen molar-refractivity contribution in [2.45, 2.75) is 25.5 Å². The van der Waals surface area contributed by atoms with Crippen LogP contribution in [0.3, 0.4) is 0 Å². The monoisotopic (exact) mass is 451 g/mol. The zero-order valence-electron chi connectivity index (χ0n) is 18.3. The second-order valence-electron chi connectivity index (χ2n) is 8.19. The van der Waals surface area contributed by atoms with Gasteiger partial charge in [-0.2, -0.15) is 0 Å². The number of aromatic nitrogens is 1. The number of fused-ring (bicyclic) bond motifs is 3. The Hall–Kier alpha value is -3.39. The molecule has 3 aromatic rings. The van der Waals surface area contributed by atoms with E-state index in [2.05, 4.69) is 6.92 Å². The van der Waals surface area contributed by atoms with Crippen molar-refractivity contribution < 1.29 is 18.0 Å². The van der Waals surface area contributed by atoms with Gasteiger partial charge in [-0.1, -0.05) is 25.1 Å². The number of sulfone groups is 1. The molecule has 0 aliphatic carbocycles. The average molecular weight is 452 g/mol. The lowest BCUT2D eigenvalue weighted by molar-refractivity contribution is -0.117. The van der Waals surface area contributed by atoms with Gasteiger partial charge in [-0.3, -0.25) is 14.5 Å². The number of nitrogens with zero attached hydrogens (tertiary/aromatic N) is 2. The third-order valence-corrected chi connectivity index (χ3v) is 6.58. The van der Waals surface area contributed by atoms with Crippen molar-refractivity contribution in [1.82, 2.24) is 4.57 Å². The van der Waals surface area contributed by atoms with Crippen LogP contribution in [0, 0.1) is 0 Å². The number of hydrogen-bond acceptors (Lipinski definition) is 4. The van der Waals surface area contributed by atoms with Gasteiger partial charge in [0, 0.05) is 41.9 Å². The summed E-state index contributed by atoms with van der Waals surface area (Å²) in [5, 5.41) is 0. The van der Waals surface area contributed by atoms with Crippen molar-refractivity contribution in [3.05, 3.63) is 71.0 Å². The number of carbonyl (C=O) groups is 2. The molecule has 4 rings (SSSR count). The molecule has 7 nitrogen and oxygen atoms in total. The molecule has 1 aliphatic heterocycles. The fourth-order valence-corrected chi connectivity index (χ4v) is 5.11. The van der Waals surface area contributed by atoms with E-state index >= 15 is 0 Å². The molecule has 166 valence electrons. The van der Waals surface area contributed by atoms with E-state index in [1.807, 2.05) is 24.3 Å². The highest BCUT2D eigenvalue weighted by atomic mass is 32.2. The first-order valence-corrected chi connectivity index (χ1v) is 12.4. The third kappa shape index (κ3) is 3.93. The number of carbonyl (C=O) groups excluding carboxylic acids is 2. The highest BCUT2D eigenvalue weighted by molar-refractivity contribution is 7.89. The Bertz CT molecular complexity index is 1340. The predicted octanol–water partition coefficient (Wildman–Crippen LogP) is 3.12. The molecule has 0 unspecified atom stereocenters. The standard InChI is InChI=1S/C24H25N3O4S/c1-4-15-5-8-17(9-6-15)27-21-10-7-16(14-32(3,30)31)11-18(21)20-13-26(2)23(24(25)29)19(20)12-22(27)28/h5-11,13H,4,12,14H2,1-3H3,(H2,25,29). The van der Waals surface area contributed by atoms with E-state index < -0.39 is 15.7 Å². The number of hydrogen-bond donors (Lipinski definition) is 1. The van der Waals surface area contributed by atoms with Gasteiger partial charge in [0.1, 0.15) is 5.69 Å². The Kier molecular flexibility index (Phi) is 5.42. The van der Waals surface area contributed by atoms with Gasteiger partial charge in [0.05, 0.1) is 17.9 Å². The summed E-state index contributed by atoms with van der Waals surface area (Å²) >= 11 is 0. The van der Waals surface area contributed by atoms with Gasteiger partial charge < -0.3 is 10.3 Å². The van der Waals surface area contributed by atoms with Gasteiger partial charge in [0.2, 0.25) is 5.91 Å². The lowest BCUT2D eigenvalue weighted by Crippen LogP contribution is -2.28. The van der Waals surface area contributed by atoms with Crippen LogP contribution in [0.25, 0.3) is 11.1 Å². The number of benzene rings is 2. The maximum atomic E-state index is 13.5. The molecule has 0 saturated heterocycles. The minimum absolute atomic E-state index is 0.0000651. The molecule has 1 aromatic heterocycles. The molecule has 0 atom stereocenters. The second kappa shape index (κ2) is 7.94. The molecule has 0 radical (unpaired) electrons. The maximum Gasteiger partial charge on any atom is 0.265 e. The van der Waals surface area contributed by atoms with Crippen LogP contribution < -0.4 is 10.6 Å². The van der Waals surface area contributed by atoms with Gasteiger partial charge in [0.15, 0.2) is 9.84 Å². The van der Waals surface area contributed by atoms with Gasteiger partial charge in [-0.25, -0.2) is 8.42 Å². The van der Waals surface area contributed by atoms with Crippen molar-refractivity contribution in [2.24, 2.45) is 12.8 Å².